The second kappa shape index (κ2) is 9.45. The molecule has 0 aliphatic heterocycles. The van der Waals surface area contributed by atoms with Crippen LogP contribution in [0.2, 0.25) is 0 Å². The van der Waals surface area contributed by atoms with Crippen LogP contribution in [0.1, 0.15) is 27.8 Å². The van der Waals surface area contributed by atoms with Crippen molar-refractivity contribution in [2.45, 2.75) is 13.8 Å². The highest BCUT2D eigenvalue weighted by Gasteiger charge is 2.11. The molecule has 0 unspecified atom stereocenters. The first kappa shape index (κ1) is 20.8. The molecule has 0 spiro atoms. The first-order valence-electron chi connectivity index (χ1n) is 8.56. The van der Waals surface area contributed by atoms with Crippen molar-refractivity contribution in [1.82, 2.24) is 5.48 Å². The Bertz CT molecular complexity index is 994. The summed E-state index contributed by atoms with van der Waals surface area (Å²) in [7, 11) is 3.22. The highest BCUT2D eigenvalue weighted by atomic mass is 16.5. The second-order valence-corrected chi connectivity index (χ2v) is 6.09. The number of aryl methyl sites for hydroxylation is 1. The van der Waals surface area contributed by atoms with Crippen molar-refractivity contribution < 1.29 is 19.5 Å². The fourth-order valence-electron chi connectivity index (χ4n) is 2.65. The minimum Gasteiger partial charge on any atom is -0.496 e. The first-order valence-corrected chi connectivity index (χ1v) is 8.56. The van der Waals surface area contributed by atoms with E-state index in [9.17, 15) is 4.79 Å². The van der Waals surface area contributed by atoms with Crippen molar-refractivity contribution in [3.63, 3.8) is 0 Å². The minimum atomic E-state index is -0.646. The Morgan fingerprint density at radius 2 is 1.82 bits per heavy atom. The van der Waals surface area contributed by atoms with Gasteiger partial charge in [-0.25, -0.2) is 5.48 Å². The molecule has 5 nitrogen and oxygen atoms in total. The van der Waals surface area contributed by atoms with Gasteiger partial charge in [0.25, 0.3) is 5.91 Å². The summed E-state index contributed by atoms with van der Waals surface area (Å²) in [6, 6.07) is 9.67. The standard InChI is InChI=1S/C23H23NO4/c1-15-12-20(14-22(28-5)16(15)2)17(3)18-10-11-21(27-4)19(13-18)8-6-7-9-23(25)24-26/h7,9-14,26H,3H2,1-2,4-5H3,(H,24,25)/b9-7+. The third-order valence-corrected chi connectivity index (χ3v) is 4.37. The number of methoxy groups -OCH3 is 2. The van der Waals surface area contributed by atoms with E-state index in [4.69, 9.17) is 14.7 Å². The number of nitrogens with one attached hydrogen (secondary N) is 1. The van der Waals surface area contributed by atoms with Gasteiger partial charge in [-0.15, -0.1) is 0 Å². The molecule has 28 heavy (non-hydrogen) atoms. The molecule has 2 aromatic carbocycles. The van der Waals surface area contributed by atoms with Crippen LogP contribution in [-0.4, -0.2) is 25.3 Å². The molecule has 0 aliphatic rings. The Morgan fingerprint density at radius 3 is 2.46 bits per heavy atom. The zero-order valence-electron chi connectivity index (χ0n) is 16.4. The fourth-order valence-corrected chi connectivity index (χ4v) is 2.65. The van der Waals surface area contributed by atoms with Gasteiger partial charge in [0.05, 0.1) is 19.8 Å². The molecule has 0 bridgehead atoms. The maximum atomic E-state index is 11.0. The number of rotatable bonds is 5. The number of ether oxygens (including phenoxy) is 2. The van der Waals surface area contributed by atoms with Crippen LogP contribution in [0, 0.1) is 25.7 Å². The predicted molar refractivity (Wildman–Crippen MR) is 110 cm³/mol. The number of hydrogen-bond donors (Lipinski definition) is 2. The summed E-state index contributed by atoms with van der Waals surface area (Å²) in [4.78, 5) is 11.0. The second-order valence-electron chi connectivity index (χ2n) is 6.09. The molecule has 0 heterocycles. The highest BCUT2D eigenvalue weighted by Crippen LogP contribution is 2.31. The summed E-state index contributed by atoms with van der Waals surface area (Å²) in [5, 5.41) is 8.48. The molecule has 0 saturated heterocycles. The number of carbonyl (C=O) groups is 1. The average molecular weight is 377 g/mol. The van der Waals surface area contributed by atoms with E-state index < -0.39 is 5.91 Å². The molecule has 2 N–H and O–H groups in total. The molecular formula is C23H23NO4. The molecule has 0 fully saturated rings. The van der Waals surface area contributed by atoms with Crippen LogP contribution >= 0.6 is 0 Å². The van der Waals surface area contributed by atoms with Gasteiger partial charge in [0.2, 0.25) is 0 Å². The van der Waals surface area contributed by atoms with Crippen LogP contribution in [0.15, 0.2) is 49.1 Å². The molecule has 0 aromatic heterocycles. The number of hydroxylamine groups is 1. The predicted octanol–water partition coefficient (Wildman–Crippen LogP) is 3.80. The third-order valence-electron chi connectivity index (χ3n) is 4.37. The minimum absolute atomic E-state index is 0.613. The molecule has 0 saturated carbocycles. The monoisotopic (exact) mass is 377 g/mol. The number of hydrogen-bond acceptors (Lipinski definition) is 4. The van der Waals surface area contributed by atoms with Crippen LogP contribution in [0.5, 0.6) is 11.5 Å². The van der Waals surface area contributed by atoms with E-state index >= 15 is 0 Å². The maximum absolute atomic E-state index is 11.0. The van der Waals surface area contributed by atoms with Gasteiger partial charge in [-0.1, -0.05) is 30.6 Å². The number of carbonyl (C=O) groups excluding carboxylic acids is 1. The number of amides is 1. The van der Waals surface area contributed by atoms with Gasteiger partial charge >= 0.3 is 0 Å². The summed E-state index contributed by atoms with van der Waals surface area (Å²) in [5.41, 5.74) is 7.08. The highest BCUT2D eigenvalue weighted by molar-refractivity contribution is 5.87. The Hall–Kier alpha value is -3.49. The Morgan fingerprint density at radius 1 is 1.11 bits per heavy atom. The maximum Gasteiger partial charge on any atom is 0.267 e. The largest absolute Gasteiger partial charge is 0.496 e. The van der Waals surface area contributed by atoms with Gasteiger partial charge in [-0.05, 0) is 65.9 Å². The first-order chi connectivity index (χ1) is 13.4. The normalized spacial score (nSPS) is 10.2. The van der Waals surface area contributed by atoms with Gasteiger partial charge in [0.1, 0.15) is 11.5 Å². The average Bonchev–Trinajstić information content (AvgIpc) is 2.72. The Balaban J connectivity index is 2.41. The molecule has 1 amide bonds. The summed E-state index contributed by atoms with van der Waals surface area (Å²) in [5.74, 6) is 6.48. The molecule has 5 heteroatoms. The summed E-state index contributed by atoms with van der Waals surface area (Å²) >= 11 is 0. The fraction of sp³-hybridized carbons (Fsp3) is 0.174. The van der Waals surface area contributed by atoms with Crippen LogP contribution in [-0.2, 0) is 4.79 Å². The summed E-state index contributed by atoms with van der Waals surface area (Å²) in [6.45, 7) is 8.29. The topological polar surface area (TPSA) is 67.8 Å². The van der Waals surface area contributed by atoms with Gasteiger partial charge < -0.3 is 9.47 Å². The Labute approximate surface area is 165 Å². The number of benzene rings is 2. The molecular weight excluding hydrogens is 354 g/mol. The molecule has 0 aliphatic carbocycles. The SMILES string of the molecule is C=C(c1ccc(OC)c(C#C/C=C/C(=O)NO)c1)c1cc(C)c(C)c(OC)c1. The molecule has 2 aromatic rings. The quantitative estimate of drug-likeness (QED) is 0.360. The van der Waals surface area contributed by atoms with Crippen LogP contribution in [0.3, 0.4) is 0 Å². The van der Waals surface area contributed by atoms with Crippen LogP contribution in [0.25, 0.3) is 5.57 Å². The van der Waals surface area contributed by atoms with E-state index in [0.717, 1.165) is 39.7 Å². The lowest BCUT2D eigenvalue weighted by molar-refractivity contribution is -0.124. The molecule has 2 rings (SSSR count). The van der Waals surface area contributed by atoms with E-state index in [1.807, 2.05) is 38.1 Å². The van der Waals surface area contributed by atoms with E-state index in [1.165, 1.54) is 11.6 Å². The number of allylic oxidation sites excluding steroid dienone is 1. The van der Waals surface area contributed by atoms with Gasteiger partial charge in [-0.2, -0.15) is 0 Å². The lowest BCUT2D eigenvalue weighted by Gasteiger charge is -2.14. The third kappa shape index (κ3) is 4.81. The zero-order chi connectivity index (χ0) is 20.7. The molecule has 144 valence electrons. The lowest BCUT2D eigenvalue weighted by atomic mass is 9.94. The zero-order valence-corrected chi connectivity index (χ0v) is 16.4. The molecule has 0 radical (unpaired) electrons. The van der Waals surface area contributed by atoms with Gasteiger partial charge in [0, 0.05) is 6.08 Å². The van der Waals surface area contributed by atoms with Crippen molar-refractivity contribution in [1.29, 1.82) is 0 Å². The van der Waals surface area contributed by atoms with Gasteiger partial charge in [0.15, 0.2) is 0 Å². The summed E-state index contributed by atoms with van der Waals surface area (Å²) < 4.78 is 10.8. The van der Waals surface area contributed by atoms with Crippen LogP contribution in [0.4, 0.5) is 0 Å². The van der Waals surface area contributed by atoms with Crippen molar-refractivity contribution >= 4 is 11.5 Å². The van der Waals surface area contributed by atoms with E-state index in [1.54, 1.807) is 14.2 Å². The van der Waals surface area contributed by atoms with Crippen molar-refractivity contribution in [3.8, 4) is 23.3 Å². The molecule has 0 atom stereocenters. The smallest absolute Gasteiger partial charge is 0.267 e. The Kier molecular flexibility index (Phi) is 7.02. The van der Waals surface area contributed by atoms with E-state index in [-0.39, 0.29) is 0 Å². The van der Waals surface area contributed by atoms with Crippen molar-refractivity contribution in [2.75, 3.05) is 14.2 Å². The lowest BCUT2D eigenvalue weighted by Crippen LogP contribution is -2.14. The summed E-state index contributed by atoms with van der Waals surface area (Å²) in [6.07, 6.45) is 2.48. The van der Waals surface area contributed by atoms with E-state index in [2.05, 4.69) is 24.5 Å². The van der Waals surface area contributed by atoms with Crippen molar-refractivity contribution in [3.05, 3.63) is 76.9 Å². The van der Waals surface area contributed by atoms with Gasteiger partial charge in [-0.3, -0.25) is 10.0 Å². The van der Waals surface area contributed by atoms with Crippen LogP contribution < -0.4 is 15.0 Å². The van der Waals surface area contributed by atoms with E-state index in [0.29, 0.717) is 11.3 Å². The van der Waals surface area contributed by atoms with Crippen molar-refractivity contribution in [2.24, 2.45) is 0 Å².